The van der Waals surface area contributed by atoms with Gasteiger partial charge < -0.3 is 14.6 Å². The van der Waals surface area contributed by atoms with Crippen LogP contribution in [0.15, 0.2) is 36.4 Å². The molecule has 1 N–H and O–H groups in total. The Hall–Kier alpha value is -1.42. The van der Waals surface area contributed by atoms with Crippen LogP contribution in [-0.2, 0) is 13.2 Å². The lowest BCUT2D eigenvalue weighted by Gasteiger charge is -2.12. The van der Waals surface area contributed by atoms with Gasteiger partial charge in [0.15, 0.2) is 11.5 Å². The number of aliphatic hydroxyl groups excluding tert-OH is 1. The summed E-state index contributed by atoms with van der Waals surface area (Å²) in [6.07, 6.45) is 0. The van der Waals surface area contributed by atoms with Gasteiger partial charge in [0.1, 0.15) is 6.61 Å². The quantitative estimate of drug-likeness (QED) is 0.904. The summed E-state index contributed by atoms with van der Waals surface area (Å²) in [7, 11) is 1.55. The van der Waals surface area contributed by atoms with Gasteiger partial charge in [0.05, 0.1) is 23.8 Å². The van der Waals surface area contributed by atoms with Crippen LogP contribution in [0, 0.1) is 0 Å². The van der Waals surface area contributed by atoms with Gasteiger partial charge >= 0.3 is 0 Å². The highest BCUT2D eigenvalue weighted by molar-refractivity contribution is 6.42. The molecule has 0 aliphatic heterocycles. The summed E-state index contributed by atoms with van der Waals surface area (Å²) in [6, 6.07) is 10.7. The van der Waals surface area contributed by atoms with Crippen LogP contribution < -0.4 is 9.47 Å². The SMILES string of the molecule is COc1cc(CO)ccc1OCc1cccc(Cl)c1Cl. The molecule has 0 aromatic heterocycles. The van der Waals surface area contributed by atoms with Crippen LogP contribution >= 0.6 is 23.2 Å². The zero-order valence-electron chi connectivity index (χ0n) is 10.9. The molecule has 106 valence electrons. The predicted octanol–water partition coefficient (Wildman–Crippen LogP) is 4.07. The van der Waals surface area contributed by atoms with Gasteiger partial charge in [-0.15, -0.1) is 0 Å². The molecule has 0 bridgehead atoms. The van der Waals surface area contributed by atoms with Crippen LogP contribution in [0.4, 0.5) is 0 Å². The molecule has 0 saturated heterocycles. The number of methoxy groups -OCH3 is 1. The second kappa shape index (κ2) is 6.84. The predicted molar refractivity (Wildman–Crippen MR) is 79.7 cm³/mol. The van der Waals surface area contributed by atoms with E-state index in [1.54, 1.807) is 31.4 Å². The third kappa shape index (κ3) is 3.37. The minimum Gasteiger partial charge on any atom is -0.493 e. The summed E-state index contributed by atoms with van der Waals surface area (Å²) in [4.78, 5) is 0. The Kier molecular flexibility index (Phi) is 5.12. The van der Waals surface area contributed by atoms with Crippen molar-refractivity contribution in [3.05, 3.63) is 57.6 Å². The Morgan fingerprint density at radius 2 is 1.90 bits per heavy atom. The Labute approximate surface area is 127 Å². The van der Waals surface area contributed by atoms with Crippen LogP contribution in [0.3, 0.4) is 0 Å². The summed E-state index contributed by atoms with van der Waals surface area (Å²) < 4.78 is 10.9. The largest absolute Gasteiger partial charge is 0.493 e. The van der Waals surface area contributed by atoms with Crippen molar-refractivity contribution >= 4 is 23.2 Å². The van der Waals surface area contributed by atoms with E-state index in [0.29, 0.717) is 21.5 Å². The Balaban J connectivity index is 2.16. The molecular weight excluding hydrogens is 299 g/mol. The van der Waals surface area contributed by atoms with Crippen LogP contribution in [0.1, 0.15) is 11.1 Å². The second-order valence-corrected chi connectivity index (χ2v) is 4.93. The van der Waals surface area contributed by atoms with Crippen molar-refractivity contribution in [3.8, 4) is 11.5 Å². The average molecular weight is 313 g/mol. The first kappa shape index (κ1) is 15.0. The van der Waals surface area contributed by atoms with Gasteiger partial charge in [0.2, 0.25) is 0 Å². The summed E-state index contributed by atoms with van der Waals surface area (Å²) in [5, 5.41) is 10.1. The Morgan fingerprint density at radius 3 is 2.60 bits per heavy atom. The lowest BCUT2D eigenvalue weighted by molar-refractivity contribution is 0.274. The molecule has 0 spiro atoms. The highest BCUT2D eigenvalue weighted by atomic mass is 35.5. The highest BCUT2D eigenvalue weighted by Crippen LogP contribution is 2.31. The molecule has 2 aromatic carbocycles. The second-order valence-electron chi connectivity index (χ2n) is 4.14. The lowest BCUT2D eigenvalue weighted by Crippen LogP contribution is -1.99. The Morgan fingerprint density at radius 1 is 1.10 bits per heavy atom. The van der Waals surface area contributed by atoms with Crippen LogP contribution in [0.5, 0.6) is 11.5 Å². The van der Waals surface area contributed by atoms with Crippen LogP contribution in [0.2, 0.25) is 10.0 Å². The van der Waals surface area contributed by atoms with Crippen molar-refractivity contribution in [2.45, 2.75) is 13.2 Å². The fourth-order valence-corrected chi connectivity index (χ4v) is 2.12. The topological polar surface area (TPSA) is 38.7 Å². The van der Waals surface area contributed by atoms with Gasteiger partial charge in [0, 0.05) is 5.56 Å². The van der Waals surface area contributed by atoms with Crippen LogP contribution in [0.25, 0.3) is 0 Å². The van der Waals surface area contributed by atoms with E-state index >= 15 is 0 Å². The van der Waals surface area contributed by atoms with E-state index in [4.69, 9.17) is 37.8 Å². The first-order chi connectivity index (χ1) is 9.65. The number of benzene rings is 2. The number of rotatable bonds is 5. The van der Waals surface area contributed by atoms with Crippen molar-refractivity contribution in [1.82, 2.24) is 0 Å². The normalized spacial score (nSPS) is 10.4. The van der Waals surface area contributed by atoms with E-state index in [9.17, 15) is 0 Å². The number of halogens is 2. The zero-order chi connectivity index (χ0) is 14.5. The minimum atomic E-state index is -0.0449. The molecule has 0 aliphatic carbocycles. The number of hydrogen-bond acceptors (Lipinski definition) is 3. The smallest absolute Gasteiger partial charge is 0.161 e. The van der Waals surface area contributed by atoms with Crippen molar-refractivity contribution < 1.29 is 14.6 Å². The number of ether oxygens (including phenoxy) is 2. The molecule has 0 amide bonds. The molecule has 3 nitrogen and oxygen atoms in total. The monoisotopic (exact) mass is 312 g/mol. The van der Waals surface area contributed by atoms with E-state index in [2.05, 4.69) is 0 Å². The Bertz CT molecular complexity index is 600. The maximum atomic E-state index is 9.09. The molecule has 2 aromatic rings. The molecule has 0 heterocycles. The van der Waals surface area contributed by atoms with Gasteiger partial charge in [-0.2, -0.15) is 0 Å². The van der Waals surface area contributed by atoms with Gasteiger partial charge in [-0.1, -0.05) is 41.4 Å². The number of aliphatic hydroxyl groups is 1. The molecule has 0 atom stereocenters. The van der Waals surface area contributed by atoms with E-state index in [1.807, 2.05) is 12.1 Å². The van der Waals surface area contributed by atoms with Crippen molar-refractivity contribution in [2.75, 3.05) is 7.11 Å². The first-order valence-electron chi connectivity index (χ1n) is 5.99. The van der Waals surface area contributed by atoms with E-state index in [0.717, 1.165) is 11.1 Å². The minimum absolute atomic E-state index is 0.0449. The van der Waals surface area contributed by atoms with Crippen molar-refractivity contribution in [1.29, 1.82) is 0 Å². The molecule has 20 heavy (non-hydrogen) atoms. The molecule has 0 fully saturated rings. The van der Waals surface area contributed by atoms with Gasteiger partial charge in [-0.05, 0) is 23.8 Å². The molecule has 0 radical (unpaired) electrons. The summed E-state index contributed by atoms with van der Waals surface area (Å²) in [5.74, 6) is 1.15. The van der Waals surface area contributed by atoms with Gasteiger partial charge in [-0.3, -0.25) is 0 Å². The standard InChI is InChI=1S/C15H14Cl2O3/c1-19-14-7-10(8-18)5-6-13(14)20-9-11-3-2-4-12(16)15(11)17/h2-7,18H,8-9H2,1H3. The molecular formula is C15H14Cl2O3. The fraction of sp³-hybridized carbons (Fsp3) is 0.200. The average Bonchev–Trinajstić information content (AvgIpc) is 2.48. The van der Waals surface area contributed by atoms with Crippen molar-refractivity contribution in [3.63, 3.8) is 0 Å². The van der Waals surface area contributed by atoms with Gasteiger partial charge in [-0.25, -0.2) is 0 Å². The third-order valence-corrected chi connectivity index (χ3v) is 3.68. The third-order valence-electron chi connectivity index (χ3n) is 2.83. The summed E-state index contributed by atoms with van der Waals surface area (Å²) >= 11 is 12.1. The first-order valence-corrected chi connectivity index (χ1v) is 6.74. The van der Waals surface area contributed by atoms with Crippen LogP contribution in [-0.4, -0.2) is 12.2 Å². The van der Waals surface area contributed by atoms with Gasteiger partial charge in [0.25, 0.3) is 0 Å². The molecule has 0 aliphatic rings. The lowest BCUT2D eigenvalue weighted by atomic mass is 10.2. The highest BCUT2D eigenvalue weighted by Gasteiger charge is 2.08. The van der Waals surface area contributed by atoms with Crippen molar-refractivity contribution in [2.24, 2.45) is 0 Å². The summed E-state index contributed by atoms with van der Waals surface area (Å²) in [5.41, 5.74) is 1.56. The number of hydrogen-bond donors (Lipinski definition) is 1. The van der Waals surface area contributed by atoms with E-state index in [1.165, 1.54) is 0 Å². The zero-order valence-corrected chi connectivity index (χ0v) is 12.4. The molecule has 0 saturated carbocycles. The fourth-order valence-electron chi connectivity index (χ4n) is 1.75. The van der Waals surface area contributed by atoms with E-state index in [-0.39, 0.29) is 13.2 Å². The maximum absolute atomic E-state index is 9.09. The molecule has 2 rings (SSSR count). The summed E-state index contributed by atoms with van der Waals surface area (Å²) in [6.45, 7) is 0.241. The van der Waals surface area contributed by atoms with E-state index < -0.39 is 0 Å². The molecule has 0 unspecified atom stereocenters. The molecule has 5 heteroatoms. The maximum Gasteiger partial charge on any atom is 0.161 e.